The van der Waals surface area contributed by atoms with Crippen molar-refractivity contribution in [1.29, 1.82) is 0 Å². The summed E-state index contributed by atoms with van der Waals surface area (Å²) in [6, 6.07) is 5.38. The number of carbonyl (C=O) groups is 1. The Morgan fingerprint density at radius 3 is 2.85 bits per heavy atom. The number of hydrogen-bond donors (Lipinski definition) is 1. The van der Waals surface area contributed by atoms with Crippen LogP contribution in [0.15, 0.2) is 29.8 Å². The fraction of sp³-hybridized carbons (Fsp3) is 0.550. The first kappa shape index (κ1) is 19.7. The maximum absolute atomic E-state index is 12.6. The Hall–Kier alpha value is -2.02. The van der Waals surface area contributed by atoms with Crippen LogP contribution in [0.5, 0.6) is 5.75 Å². The highest BCUT2D eigenvalue weighted by Crippen LogP contribution is 2.35. The van der Waals surface area contributed by atoms with Gasteiger partial charge < -0.3 is 10.1 Å². The lowest BCUT2D eigenvalue weighted by atomic mass is 9.97. The number of fused-ring (bicyclic) bond motifs is 1. The maximum atomic E-state index is 12.6. The zero-order valence-electron chi connectivity index (χ0n) is 16.0. The monoisotopic (exact) mass is 392 g/mol. The maximum Gasteiger partial charge on any atom is 0.261 e. The summed E-state index contributed by atoms with van der Waals surface area (Å²) in [4.78, 5) is 12.6. The molecule has 1 aliphatic heterocycles. The topological polar surface area (TPSA) is 75.7 Å². The van der Waals surface area contributed by atoms with Crippen LogP contribution in [0.3, 0.4) is 0 Å². The third-order valence-corrected chi connectivity index (χ3v) is 6.25. The fourth-order valence-corrected chi connectivity index (χ4v) is 4.55. The van der Waals surface area contributed by atoms with E-state index in [0.717, 1.165) is 24.8 Å². The fourth-order valence-electron chi connectivity index (χ4n) is 3.61. The van der Waals surface area contributed by atoms with Crippen molar-refractivity contribution in [3.8, 4) is 5.75 Å². The summed E-state index contributed by atoms with van der Waals surface area (Å²) in [6.45, 7) is 2.70. The highest BCUT2D eigenvalue weighted by atomic mass is 32.2. The molecule has 6 nitrogen and oxygen atoms in total. The van der Waals surface area contributed by atoms with Crippen LogP contribution in [-0.2, 0) is 14.8 Å². The summed E-state index contributed by atoms with van der Waals surface area (Å²) in [5.41, 5.74) is 2.85. The first-order valence-electron chi connectivity index (χ1n) is 9.55. The Kier molecular flexibility index (Phi) is 6.09. The molecular weight excluding hydrogens is 364 g/mol. The van der Waals surface area contributed by atoms with Crippen molar-refractivity contribution in [2.24, 2.45) is 0 Å². The predicted octanol–water partition coefficient (Wildman–Crippen LogP) is 2.92. The molecule has 148 valence electrons. The number of carbonyl (C=O) groups excluding carboxylic acids is 1. The van der Waals surface area contributed by atoms with Crippen LogP contribution in [0.1, 0.15) is 44.1 Å². The number of allylic oxidation sites excluding steroid dienone is 1. The average molecular weight is 393 g/mol. The van der Waals surface area contributed by atoms with Gasteiger partial charge in [0.25, 0.3) is 5.91 Å². The standard InChI is InChI=1S/C20H28N2O4S/c1-15-8-9-18-17(14-15)22(27(2,24)25)13-11-19(26-18)20(23)21-12-10-16-6-4-3-5-7-16/h6,8-9,14,19H,3-5,7,10-13H2,1-2H3,(H,21,23)/t19-/m1/s1. The molecule has 1 aliphatic carbocycles. The molecule has 0 spiro atoms. The van der Waals surface area contributed by atoms with Crippen molar-refractivity contribution in [2.45, 2.75) is 51.6 Å². The zero-order valence-corrected chi connectivity index (χ0v) is 16.8. The van der Waals surface area contributed by atoms with E-state index >= 15 is 0 Å². The summed E-state index contributed by atoms with van der Waals surface area (Å²) in [6.07, 6.45) is 8.67. The Bertz CT molecular complexity index is 832. The van der Waals surface area contributed by atoms with Gasteiger partial charge in [0, 0.05) is 19.5 Å². The molecule has 1 atom stereocenters. The third-order valence-electron chi connectivity index (χ3n) is 5.07. The van der Waals surface area contributed by atoms with E-state index in [1.54, 1.807) is 12.1 Å². The number of amides is 1. The second kappa shape index (κ2) is 8.33. The first-order chi connectivity index (χ1) is 12.8. The average Bonchev–Trinajstić information content (AvgIpc) is 2.81. The van der Waals surface area contributed by atoms with Crippen LogP contribution in [-0.4, -0.2) is 39.8 Å². The first-order valence-corrected chi connectivity index (χ1v) is 11.4. The highest BCUT2D eigenvalue weighted by Gasteiger charge is 2.31. The number of ether oxygens (including phenoxy) is 1. The van der Waals surface area contributed by atoms with Crippen molar-refractivity contribution in [1.82, 2.24) is 5.32 Å². The quantitative estimate of drug-likeness (QED) is 0.782. The van der Waals surface area contributed by atoms with Crippen molar-refractivity contribution >= 4 is 21.6 Å². The molecule has 1 aromatic rings. The van der Waals surface area contributed by atoms with Crippen molar-refractivity contribution in [2.75, 3.05) is 23.7 Å². The molecule has 2 aliphatic rings. The summed E-state index contributed by atoms with van der Waals surface area (Å²) in [7, 11) is -3.45. The van der Waals surface area contributed by atoms with Crippen LogP contribution in [0.25, 0.3) is 0 Å². The van der Waals surface area contributed by atoms with Gasteiger partial charge in [0.05, 0.1) is 11.9 Å². The van der Waals surface area contributed by atoms with Gasteiger partial charge in [0.15, 0.2) is 6.10 Å². The molecule has 0 saturated carbocycles. The van der Waals surface area contributed by atoms with Gasteiger partial charge in [-0.2, -0.15) is 0 Å². The molecule has 0 aromatic heterocycles. The summed E-state index contributed by atoms with van der Waals surface area (Å²) in [5, 5.41) is 2.95. The molecule has 0 bridgehead atoms. The molecule has 0 radical (unpaired) electrons. The largest absolute Gasteiger partial charge is 0.478 e. The number of rotatable bonds is 5. The molecule has 1 amide bonds. The summed E-state index contributed by atoms with van der Waals surface area (Å²) < 4.78 is 31.6. The van der Waals surface area contributed by atoms with E-state index < -0.39 is 16.1 Å². The number of hydrogen-bond acceptors (Lipinski definition) is 4. The van der Waals surface area contributed by atoms with E-state index in [1.165, 1.54) is 29.0 Å². The van der Waals surface area contributed by atoms with Gasteiger partial charge in [-0.3, -0.25) is 9.10 Å². The van der Waals surface area contributed by atoms with Gasteiger partial charge in [-0.15, -0.1) is 0 Å². The summed E-state index contributed by atoms with van der Waals surface area (Å²) >= 11 is 0. The van der Waals surface area contributed by atoms with Crippen molar-refractivity contribution in [3.63, 3.8) is 0 Å². The van der Waals surface area contributed by atoms with Gasteiger partial charge in [-0.05, 0) is 56.7 Å². The Morgan fingerprint density at radius 2 is 2.15 bits per heavy atom. The lowest BCUT2D eigenvalue weighted by Gasteiger charge is -2.21. The molecule has 1 aromatic carbocycles. The normalized spacial score (nSPS) is 20.1. The third kappa shape index (κ3) is 5.03. The highest BCUT2D eigenvalue weighted by molar-refractivity contribution is 7.92. The molecule has 27 heavy (non-hydrogen) atoms. The van der Waals surface area contributed by atoms with E-state index in [-0.39, 0.29) is 12.5 Å². The molecule has 7 heteroatoms. The van der Waals surface area contributed by atoms with Gasteiger partial charge >= 0.3 is 0 Å². The molecule has 1 N–H and O–H groups in total. The number of nitrogens with zero attached hydrogens (tertiary/aromatic N) is 1. The van der Waals surface area contributed by atoms with Crippen LogP contribution in [0.4, 0.5) is 5.69 Å². The van der Waals surface area contributed by atoms with E-state index in [4.69, 9.17) is 4.74 Å². The minimum Gasteiger partial charge on any atom is -0.478 e. The van der Waals surface area contributed by atoms with E-state index in [2.05, 4.69) is 11.4 Å². The molecule has 0 saturated heterocycles. The molecule has 0 fully saturated rings. The number of nitrogens with one attached hydrogen (secondary N) is 1. The number of sulfonamides is 1. The predicted molar refractivity (Wildman–Crippen MR) is 107 cm³/mol. The SMILES string of the molecule is Cc1ccc2c(c1)N(S(C)(=O)=O)CC[C@H](C(=O)NCCC1=CCCCC1)O2. The van der Waals surface area contributed by atoms with Gasteiger partial charge in [0.1, 0.15) is 5.75 Å². The van der Waals surface area contributed by atoms with Crippen molar-refractivity contribution < 1.29 is 17.9 Å². The molecular formula is C20H28N2O4S. The van der Waals surface area contributed by atoms with Gasteiger partial charge in [-0.1, -0.05) is 17.7 Å². The Morgan fingerprint density at radius 1 is 1.33 bits per heavy atom. The molecule has 0 unspecified atom stereocenters. The van der Waals surface area contributed by atoms with Crippen LogP contribution < -0.4 is 14.4 Å². The number of aryl methyl sites for hydroxylation is 1. The van der Waals surface area contributed by atoms with Crippen LogP contribution in [0.2, 0.25) is 0 Å². The number of anilines is 1. The van der Waals surface area contributed by atoms with Gasteiger partial charge in [0.2, 0.25) is 10.0 Å². The number of benzene rings is 1. The van der Waals surface area contributed by atoms with Gasteiger partial charge in [-0.25, -0.2) is 8.42 Å². The lowest BCUT2D eigenvalue weighted by Crippen LogP contribution is -2.40. The minimum atomic E-state index is -3.45. The van der Waals surface area contributed by atoms with E-state index in [1.807, 2.05) is 13.0 Å². The summed E-state index contributed by atoms with van der Waals surface area (Å²) in [5.74, 6) is 0.243. The van der Waals surface area contributed by atoms with E-state index in [9.17, 15) is 13.2 Å². The molecule has 3 rings (SSSR count). The minimum absolute atomic E-state index is 0.187. The Labute approximate surface area is 161 Å². The second-order valence-electron chi connectivity index (χ2n) is 7.35. The van der Waals surface area contributed by atoms with E-state index in [0.29, 0.717) is 24.4 Å². The van der Waals surface area contributed by atoms with Crippen LogP contribution in [0, 0.1) is 6.92 Å². The Balaban J connectivity index is 1.68. The lowest BCUT2D eigenvalue weighted by molar-refractivity contribution is -0.128. The van der Waals surface area contributed by atoms with Crippen LogP contribution >= 0.6 is 0 Å². The van der Waals surface area contributed by atoms with Crippen molar-refractivity contribution in [3.05, 3.63) is 35.4 Å². The second-order valence-corrected chi connectivity index (χ2v) is 9.26. The smallest absolute Gasteiger partial charge is 0.261 e. The zero-order chi connectivity index (χ0) is 19.4. The molecule has 1 heterocycles.